The van der Waals surface area contributed by atoms with E-state index in [1.807, 2.05) is 30.9 Å². The Bertz CT molecular complexity index is 931. The SMILES string of the molecule is CCNC(=NCc1cc(C)ccc1OC(F)F)NCCCC(=O)N1Cc2ccccc2C1.I. The number of aryl methyl sites for hydroxylation is 1. The summed E-state index contributed by atoms with van der Waals surface area (Å²) in [4.78, 5) is 18.9. The number of nitrogens with zero attached hydrogens (tertiary/aromatic N) is 2. The fraction of sp³-hybridized carbons (Fsp3) is 0.417. The molecular formula is C24H31F2IN4O2. The second kappa shape index (κ2) is 13.3. The van der Waals surface area contributed by atoms with Crippen LogP contribution in [0.15, 0.2) is 47.5 Å². The first-order chi connectivity index (χ1) is 15.5. The second-order valence-corrected chi connectivity index (χ2v) is 7.73. The van der Waals surface area contributed by atoms with Crippen molar-refractivity contribution in [1.29, 1.82) is 0 Å². The third-order valence-corrected chi connectivity index (χ3v) is 5.24. The van der Waals surface area contributed by atoms with Gasteiger partial charge in [0.25, 0.3) is 0 Å². The van der Waals surface area contributed by atoms with E-state index in [9.17, 15) is 13.6 Å². The monoisotopic (exact) mass is 572 g/mol. The molecule has 0 bridgehead atoms. The first-order valence-corrected chi connectivity index (χ1v) is 10.9. The number of amides is 1. The summed E-state index contributed by atoms with van der Waals surface area (Å²) < 4.78 is 29.9. The zero-order valence-corrected chi connectivity index (χ0v) is 21.3. The Kier molecular flexibility index (Phi) is 10.8. The van der Waals surface area contributed by atoms with Gasteiger partial charge in [0.1, 0.15) is 5.75 Å². The minimum absolute atomic E-state index is 0. The fourth-order valence-electron chi connectivity index (χ4n) is 3.66. The van der Waals surface area contributed by atoms with Crippen LogP contribution in [0, 0.1) is 6.92 Å². The van der Waals surface area contributed by atoms with Crippen LogP contribution in [-0.4, -0.2) is 36.5 Å². The van der Waals surface area contributed by atoms with E-state index >= 15 is 0 Å². The van der Waals surface area contributed by atoms with Crippen molar-refractivity contribution in [2.45, 2.75) is 52.9 Å². The third kappa shape index (κ3) is 8.13. The number of ether oxygens (including phenoxy) is 1. The predicted octanol–water partition coefficient (Wildman–Crippen LogP) is 4.59. The molecule has 9 heteroatoms. The average Bonchev–Trinajstić information content (AvgIpc) is 3.20. The molecule has 0 radical (unpaired) electrons. The molecule has 0 atom stereocenters. The van der Waals surface area contributed by atoms with Crippen molar-refractivity contribution in [2.75, 3.05) is 13.1 Å². The predicted molar refractivity (Wildman–Crippen MR) is 136 cm³/mol. The highest BCUT2D eigenvalue weighted by Crippen LogP contribution is 2.24. The molecule has 6 nitrogen and oxygen atoms in total. The number of carbonyl (C=O) groups excluding carboxylic acids is 1. The Labute approximate surface area is 210 Å². The van der Waals surface area contributed by atoms with Gasteiger partial charge in [0.15, 0.2) is 5.96 Å². The van der Waals surface area contributed by atoms with Crippen LogP contribution < -0.4 is 15.4 Å². The number of hydrogen-bond acceptors (Lipinski definition) is 3. The minimum atomic E-state index is -2.88. The van der Waals surface area contributed by atoms with Crippen molar-refractivity contribution in [3.05, 3.63) is 64.7 Å². The molecular weight excluding hydrogens is 541 g/mol. The highest BCUT2D eigenvalue weighted by Gasteiger charge is 2.22. The first kappa shape index (κ1) is 26.8. The van der Waals surface area contributed by atoms with Crippen LogP contribution in [0.2, 0.25) is 0 Å². The Hall–Kier alpha value is -2.43. The maximum atomic E-state index is 12.7. The summed E-state index contributed by atoms with van der Waals surface area (Å²) in [5, 5.41) is 6.35. The molecule has 0 saturated heterocycles. The lowest BCUT2D eigenvalue weighted by Gasteiger charge is -2.16. The van der Waals surface area contributed by atoms with E-state index in [-0.39, 0.29) is 42.2 Å². The van der Waals surface area contributed by atoms with Gasteiger partial charge in [-0.05, 0) is 37.5 Å². The highest BCUT2D eigenvalue weighted by molar-refractivity contribution is 14.0. The average molecular weight is 572 g/mol. The fourth-order valence-corrected chi connectivity index (χ4v) is 3.66. The zero-order chi connectivity index (χ0) is 22.9. The van der Waals surface area contributed by atoms with Gasteiger partial charge in [0.05, 0.1) is 6.54 Å². The summed E-state index contributed by atoms with van der Waals surface area (Å²) in [6, 6.07) is 13.2. The van der Waals surface area contributed by atoms with Crippen molar-refractivity contribution < 1.29 is 18.3 Å². The molecule has 0 fully saturated rings. The molecule has 1 heterocycles. The number of guanidine groups is 1. The molecule has 1 aliphatic heterocycles. The lowest BCUT2D eigenvalue weighted by Crippen LogP contribution is -2.38. The van der Waals surface area contributed by atoms with E-state index in [0.29, 0.717) is 50.5 Å². The summed E-state index contributed by atoms with van der Waals surface area (Å²) in [6.07, 6.45) is 1.12. The molecule has 0 aromatic heterocycles. The molecule has 0 unspecified atom stereocenters. The van der Waals surface area contributed by atoms with Crippen LogP contribution in [0.25, 0.3) is 0 Å². The van der Waals surface area contributed by atoms with Crippen molar-refractivity contribution in [3.63, 3.8) is 0 Å². The van der Waals surface area contributed by atoms with E-state index in [4.69, 9.17) is 0 Å². The summed E-state index contributed by atoms with van der Waals surface area (Å²) in [5.41, 5.74) is 3.96. The Morgan fingerprint density at radius 1 is 1.15 bits per heavy atom. The van der Waals surface area contributed by atoms with Crippen LogP contribution in [0.5, 0.6) is 5.75 Å². The van der Waals surface area contributed by atoms with Crippen molar-refractivity contribution >= 4 is 35.8 Å². The van der Waals surface area contributed by atoms with Crippen molar-refractivity contribution in [1.82, 2.24) is 15.5 Å². The van der Waals surface area contributed by atoms with E-state index in [1.165, 1.54) is 17.2 Å². The van der Waals surface area contributed by atoms with Crippen LogP contribution in [-0.2, 0) is 24.4 Å². The maximum absolute atomic E-state index is 12.7. The summed E-state index contributed by atoms with van der Waals surface area (Å²) >= 11 is 0. The Balaban J connectivity index is 0.00000385. The standard InChI is InChI=1S/C24H30F2N4O2.HI/c1-3-27-24(29-14-20-13-17(2)10-11-21(20)32-23(25)26)28-12-6-9-22(31)30-15-18-7-4-5-8-19(18)16-30;/h4-5,7-8,10-11,13,23H,3,6,9,12,14-16H2,1-2H3,(H2,27,28,29);1H. The van der Waals surface area contributed by atoms with E-state index < -0.39 is 6.61 Å². The molecule has 180 valence electrons. The van der Waals surface area contributed by atoms with Crippen LogP contribution >= 0.6 is 24.0 Å². The number of benzene rings is 2. The number of aliphatic imine (C=N–C) groups is 1. The largest absolute Gasteiger partial charge is 0.434 e. The Morgan fingerprint density at radius 3 is 2.48 bits per heavy atom. The zero-order valence-electron chi connectivity index (χ0n) is 18.9. The molecule has 1 aliphatic rings. The molecule has 0 spiro atoms. The molecule has 2 aromatic carbocycles. The van der Waals surface area contributed by atoms with Gasteiger partial charge < -0.3 is 20.3 Å². The number of hydrogen-bond donors (Lipinski definition) is 2. The molecule has 0 aliphatic carbocycles. The normalized spacial score (nSPS) is 12.9. The Morgan fingerprint density at radius 2 is 1.85 bits per heavy atom. The van der Waals surface area contributed by atoms with Crippen LogP contribution in [0.4, 0.5) is 8.78 Å². The van der Waals surface area contributed by atoms with E-state index in [0.717, 1.165) is 5.56 Å². The highest BCUT2D eigenvalue weighted by atomic mass is 127. The van der Waals surface area contributed by atoms with Gasteiger partial charge in [-0.25, -0.2) is 4.99 Å². The molecule has 0 saturated carbocycles. The molecule has 33 heavy (non-hydrogen) atoms. The van der Waals surface area contributed by atoms with Gasteiger partial charge in [-0.3, -0.25) is 4.79 Å². The number of nitrogens with one attached hydrogen (secondary N) is 2. The molecule has 2 aromatic rings. The topological polar surface area (TPSA) is 66.0 Å². The van der Waals surface area contributed by atoms with Crippen molar-refractivity contribution in [2.24, 2.45) is 4.99 Å². The first-order valence-electron chi connectivity index (χ1n) is 10.9. The summed E-state index contributed by atoms with van der Waals surface area (Å²) in [6.45, 7) is 3.73. The number of alkyl halides is 2. The number of carbonyl (C=O) groups is 1. The third-order valence-electron chi connectivity index (χ3n) is 5.24. The van der Waals surface area contributed by atoms with Gasteiger partial charge >= 0.3 is 6.61 Å². The van der Waals surface area contributed by atoms with Gasteiger partial charge in [-0.15, -0.1) is 24.0 Å². The molecule has 2 N–H and O–H groups in total. The number of rotatable bonds is 9. The minimum Gasteiger partial charge on any atom is -0.434 e. The van der Waals surface area contributed by atoms with Crippen LogP contribution in [0.1, 0.15) is 42.0 Å². The lowest BCUT2D eigenvalue weighted by atomic mass is 10.1. The quantitative estimate of drug-likeness (QED) is 0.200. The van der Waals surface area contributed by atoms with E-state index in [2.05, 4.69) is 32.5 Å². The number of fused-ring (bicyclic) bond motifs is 1. The van der Waals surface area contributed by atoms with Gasteiger partial charge in [0.2, 0.25) is 5.91 Å². The lowest BCUT2D eigenvalue weighted by molar-refractivity contribution is -0.131. The molecule has 3 rings (SSSR count). The maximum Gasteiger partial charge on any atom is 0.387 e. The summed E-state index contributed by atoms with van der Waals surface area (Å²) in [7, 11) is 0. The summed E-state index contributed by atoms with van der Waals surface area (Å²) in [5.74, 6) is 0.832. The van der Waals surface area contributed by atoms with E-state index in [1.54, 1.807) is 12.1 Å². The number of halogens is 3. The smallest absolute Gasteiger partial charge is 0.387 e. The van der Waals surface area contributed by atoms with Crippen molar-refractivity contribution in [3.8, 4) is 5.75 Å². The van der Waals surface area contributed by atoms with Gasteiger partial charge in [-0.2, -0.15) is 8.78 Å². The van der Waals surface area contributed by atoms with Crippen LogP contribution in [0.3, 0.4) is 0 Å². The second-order valence-electron chi connectivity index (χ2n) is 7.73. The molecule has 1 amide bonds. The van der Waals surface area contributed by atoms with Gasteiger partial charge in [-0.1, -0.05) is 42.0 Å². The van der Waals surface area contributed by atoms with Gasteiger partial charge in [0, 0.05) is 38.2 Å².